The molecule has 2 N–H and O–H groups in total. The van der Waals surface area contributed by atoms with E-state index in [0.29, 0.717) is 37.3 Å². The van der Waals surface area contributed by atoms with Gasteiger partial charge in [0, 0.05) is 11.1 Å². The Kier molecular flexibility index (Phi) is 9.22. The normalized spacial score (nSPS) is 13.1. The van der Waals surface area contributed by atoms with Gasteiger partial charge >= 0.3 is 0 Å². The number of carbonyl (C=O) groups excluding carboxylic acids is 4. The monoisotopic (exact) mass is 522 g/mol. The Bertz CT molecular complexity index is 1140. The summed E-state index contributed by atoms with van der Waals surface area (Å²) in [6.45, 7) is 13.4. The number of hydrogen-bond donors (Lipinski definition) is 2. The number of amides is 2. The van der Waals surface area contributed by atoms with Gasteiger partial charge in [-0.3, -0.25) is 19.2 Å². The largest absolute Gasteiger partial charge is 0.326 e. The van der Waals surface area contributed by atoms with Gasteiger partial charge in [-0.05, 0) is 39.8 Å². The van der Waals surface area contributed by atoms with Crippen molar-refractivity contribution in [2.45, 2.75) is 40.5 Å². The number of nitrogens with one attached hydrogen (secondary N) is 2. The van der Waals surface area contributed by atoms with E-state index in [4.69, 9.17) is 0 Å². The van der Waals surface area contributed by atoms with E-state index in [2.05, 4.69) is 52.4 Å². The smallest absolute Gasteiger partial charge is 0.230 e. The van der Waals surface area contributed by atoms with Gasteiger partial charge in [-0.1, -0.05) is 24.3 Å². The standard InChI is InChI=1S/C30H40N4O4/c1-7-33(5,8-2)19-17-25(35)31-23-15-11-13-21-27(23)30(38)28-22(29(21)37)14-12-16-24(28)32-26(36)18-20-34(6,9-3)10-4/h11-16H,7-10,17-20H2,1-6H3/p+2. The number of ketones is 2. The molecule has 2 amide bonds. The van der Waals surface area contributed by atoms with Gasteiger partial charge in [0.1, 0.15) is 0 Å². The molecule has 0 saturated carbocycles. The van der Waals surface area contributed by atoms with Gasteiger partial charge < -0.3 is 19.6 Å². The maximum absolute atomic E-state index is 13.8. The van der Waals surface area contributed by atoms with Crippen LogP contribution in [0.5, 0.6) is 0 Å². The van der Waals surface area contributed by atoms with E-state index >= 15 is 0 Å². The molecule has 2 aromatic rings. The van der Waals surface area contributed by atoms with Crippen LogP contribution < -0.4 is 10.6 Å². The molecular weight excluding hydrogens is 480 g/mol. The summed E-state index contributed by atoms with van der Waals surface area (Å²) in [5.74, 6) is -1.09. The fourth-order valence-electron chi connectivity index (χ4n) is 4.70. The van der Waals surface area contributed by atoms with Crippen molar-refractivity contribution >= 4 is 34.8 Å². The fraction of sp³-hybridized carbons (Fsp3) is 0.467. The van der Waals surface area contributed by atoms with Crippen LogP contribution in [-0.4, -0.2) is 85.7 Å². The number of fused-ring (bicyclic) bond motifs is 2. The third-order valence-electron chi connectivity index (χ3n) is 8.43. The van der Waals surface area contributed by atoms with Crippen LogP contribution in [0.1, 0.15) is 72.4 Å². The van der Waals surface area contributed by atoms with Gasteiger partial charge in [-0.2, -0.15) is 0 Å². The first-order chi connectivity index (χ1) is 18.0. The van der Waals surface area contributed by atoms with Crippen molar-refractivity contribution in [2.24, 2.45) is 0 Å². The second-order valence-electron chi connectivity index (χ2n) is 10.7. The van der Waals surface area contributed by atoms with E-state index in [0.717, 1.165) is 35.1 Å². The average molecular weight is 523 g/mol. The van der Waals surface area contributed by atoms with Crippen LogP contribution in [0.25, 0.3) is 0 Å². The third kappa shape index (κ3) is 6.19. The molecule has 1 aliphatic rings. The minimum atomic E-state index is -0.383. The third-order valence-corrected chi connectivity index (χ3v) is 8.43. The Balaban J connectivity index is 1.87. The molecule has 8 heteroatoms. The molecule has 0 aliphatic heterocycles. The molecule has 0 unspecified atom stereocenters. The van der Waals surface area contributed by atoms with E-state index in [1.165, 1.54) is 0 Å². The van der Waals surface area contributed by atoms with E-state index < -0.39 is 0 Å². The summed E-state index contributed by atoms with van der Waals surface area (Å²) < 4.78 is 1.53. The Hall–Kier alpha value is -3.36. The zero-order chi connectivity index (χ0) is 28.1. The van der Waals surface area contributed by atoms with Crippen LogP contribution in [0.2, 0.25) is 0 Å². The molecule has 0 atom stereocenters. The molecule has 0 saturated heterocycles. The van der Waals surface area contributed by atoms with Crippen LogP contribution >= 0.6 is 0 Å². The molecule has 0 radical (unpaired) electrons. The molecular formula is C30H42N4O4+2. The molecule has 0 fully saturated rings. The topological polar surface area (TPSA) is 92.3 Å². The summed E-state index contributed by atoms with van der Waals surface area (Å²) in [4.78, 5) is 52.9. The Morgan fingerprint density at radius 3 is 1.34 bits per heavy atom. The van der Waals surface area contributed by atoms with Crippen molar-refractivity contribution in [1.82, 2.24) is 0 Å². The first-order valence-corrected chi connectivity index (χ1v) is 13.6. The van der Waals surface area contributed by atoms with Crippen molar-refractivity contribution in [3.05, 3.63) is 58.7 Å². The highest BCUT2D eigenvalue weighted by molar-refractivity contribution is 6.32. The molecule has 2 aromatic carbocycles. The van der Waals surface area contributed by atoms with E-state index in [9.17, 15) is 19.2 Å². The van der Waals surface area contributed by atoms with Crippen LogP contribution in [-0.2, 0) is 9.59 Å². The summed E-state index contributed by atoms with van der Waals surface area (Å²) >= 11 is 0. The van der Waals surface area contributed by atoms with Crippen LogP contribution in [0.3, 0.4) is 0 Å². The van der Waals surface area contributed by atoms with Gasteiger partial charge in [0.15, 0.2) is 11.6 Å². The van der Waals surface area contributed by atoms with E-state index in [-0.39, 0.29) is 45.6 Å². The lowest BCUT2D eigenvalue weighted by atomic mass is 9.82. The van der Waals surface area contributed by atoms with Crippen molar-refractivity contribution in [3.63, 3.8) is 0 Å². The quantitative estimate of drug-likeness (QED) is 0.351. The van der Waals surface area contributed by atoms with E-state index in [1.54, 1.807) is 36.4 Å². The average Bonchev–Trinajstić information content (AvgIpc) is 2.93. The minimum absolute atomic E-state index is 0.171. The summed E-state index contributed by atoms with van der Waals surface area (Å²) in [5.41, 5.74) is 1.49. The van der Waals surface area contributed by atoms with Crippen LogP contribution in [0.15, 0.2) is 36.4 Å². The van der Waals surface area contributed by atoms with Crippen LogP contribution in [0.4, 0.5) is 11.4 Å². The van der Waals surface area contributed by atoms with Crippen molar-refractivity contribution in [1.29, 1.82) is 0 Å². The number of anilines is 2. The molecule has 0 spiro atoms. The highest BCUT2D eigenvalue weighted by atomic mass is 16.2. The summed E-state index contributed by atoms with van der Waals surface area (Å²) in [5, 5.41) is 5.74. The Morgan fingerprint density at radius 1 is 0.632 bits per heavy atom. The Labute approximate surface area is 226 Å². The number of rotatable bonds is 12. The summed E-state index contributed by atoms with van der Waals surface area (Å²) in [7, 11) is 4.22. The lowest BCUT2D eigenvalue weighted by Crippen LogP contribution is -2.45. The van der Waals surface area contributed by atoms with Gasteiger partial charge in [0.05, 0.1) is 88.7 Å². The predicted octanol–water partition coefficient (Wildman–Crippen LogP) is 4.09. The summed E-state index contributed by atoms with van der Waals surface area (Å²) in [6, 6.07) is 9.86. The molecule has 0 aromatic heterocycles. The van der Waals surface area contributed by atoms with Crippen molar-refractivity contribution < 1.29 is 28.1 Å². The lowest BCUT2D eigenvalue weighted by molar-refractivity contribution is -0.905. The van der Waals surface area contributed by atoms with Crippen LogP contribution in [0, 0.1) is 0 Å². The number of quaternary nitrogens is 2. The fourth-order valence-corrected chi connectivity index (χ4v) is 4.70. The predicted molar refractivity (Wildman–Crippen MR) is 151 cm³/mol. The number of hydrogen-bond acceptors (Lipinski definition) is 4. The molecule has 1 aliphatic carbocycles. The first kappa shape index (κ1) is 29.2. The zero-order valence-electron chi connectivity index (χ0n) is 23.6. The summed E-state index contributed by atoms with van der Waals surface area (Å²) in [6.07, 6.45) is 0.601. The number of nitrogens with zero attached hydrogens (tertiary/aromatic N) is 2. The lowest BCUT2D eigenvalue weighted by Gasteiger charge is -2.32. The zero-order valence-corrected chi connectivity index (χ0v) is 23.6. The maximum atomic E-state index is 13.8. The molecule has 3 rings (SSSR count). The highest BCUT2D eigenvalue weighted by Crippen LogP contribution is 2.35. The van der Waals surface area contributed by atoms with Gasteiger partial charge in [0.25, 0.3) is 0 Å². The molecule has 38 heavy (non-hydrogen) atoms. The minimum Gasteiger partial charge on any atom is -0.326 e. The SMILES string of the molecule is CC[N+](C)(CC)CCC(=O)Nc1cccc2c1C(=O)c1c(NC(=O)CC[N+](C)(CC)CC)cccc1C2=O. The maximum Gasteiger partial charge on any atom is 0.230 e. The van der Waals surface area contributed by atoms with Gasteiger partial charge in [0.2, 0.25) is 11.8 Å². The second kappa shape index (κ2) is 12.0. The van der Waals surface area contributed by atoms with E-state index in [1.807, 2.05) is 0 Å². The van der Waals surface area contributed by atoms with Crippen molar-refractivity contribution in [3.8, 4) is 0 Å². The molecule has 0 heterocycles. The number of carbonyl (C=O) groups is 4. The molecule has 0 bridgehead atoms. The Morgan fingerprint density at radius 2 is 1.00 bits per heavy atom. The van der Waals surface area contributed by atoms with Crippen molar-refractivity contribution in [2.75, 3.05) is 64.0 Å². The molecule has 8 nitrogen and oxygen atoms in total. The van der Waals surface area contributed by atoms with Gasteiger partial charge in [-0.25, -0.2) is 0 Å². The second-order valence-corrected chi connectivity index (χ2v) is 10.7. The first-order valence-electron chi connectivity index (χ1n) is 13.6. The molecule has 204 valence electrons. The van der Waals surface area contributed by atoms with Gasteiger partial charge in [-0.15, -0.1) is 0 Å². The number of benzene rings is 2. The highest BCUT2D eigenvalue weighted by Gasteiger charge is 2.34.